The van der Waals surface area contributed by atoms with Crippen molar-refractivity contribution in [2.24, 2.45) is 0 Å². The summed E-state index contributed by atoms with van der Waals surface area (Å²) in [6.45, 7) is 4.01. The number of pyridine rings is 1. The number of rotatable bonds is 5. The summed E-state index contributed by atoms with van der Waals surface area (Å²) in [4.78, 5) is 29.7. The van der Waals surface area contributed by atoms with Crippen LogP contribution in [0.25, 0.3) is 10.9 Å². The highest BCUT2D eigenvalue weighted by Crippen LogP contribution is 2.16. The number of carbonyl (C=O) groups excluding carboxylic acids is 1. The summed E-state index contributed by atoms with van der Waals surface area (Å²) >= 11 is 0. The predicted octanol–water partition coefficient (Wildman–Crippen LogP) is 2.78. The van der Waals surface area contributed by atoms with Gasteiger partial charge in [0.15, 0.2) is 0 Å². The van der Waals surface area contributed by atoms with Gasteiger partial charge in [-0.1, -0.05) is 29.8 Å². The molecule has 1 aromatic heterocycles. The molecule has 0 aliphatic carbocycles. The third kappa shape index (κ3) is 3.68. The summed E-state index contributed by atoms with van der Waals surface area (Å²) < 4.78 is 0. The standard InChI is InChI=1S/C21H22N2O3/c1-14-7-8-19-16(11-14)12-17(20(25)22-19)13-23(9-10-24)21(26)18-6-4-3-5-15(18)2/h3-8,11-12,24H,9-10,13H2,1-2H3,(H,22,25). The predicted molar refractivity (Wildman–Crippen MR) is 102 cm³/mol. The highest BCUT2D eigenvalue weighted by molar-refractivity contribution is 5.95. The summed E-state index contributed by atoms with van der Waals surface area (Å²) in [7, 11) is 0. The van der Waals surface area contributed by atoms with Crippen LogP contribution in [-0.2, 0) is 6.54 Å². The lowest BCUT2D eigenvalue weighted by Gasteiger charge is -2.22. The SMILES string of the molecule is Cc1ccc2[nH]c(=O)c(CN(CCO)C(=O)c3ccccc3C)cc2c1. The topological polar surface area (TPSA) is 73.4 Å². The summed E-state index contributed by atoms with van der Waals surface area (Å²) in [5.74, 6) is -0.194. The van der Waals surface area contributed by atoms with E-state index >= 15 is 0 Å². The summed E-state index contributed by atoms with van der Waals surface area (Å²) in [6.07, 6.45) is 0. The fourth-order valence-corrected chi connectivity index (χ4v) is 3.05. The van der Waals surface area contributed by atoms with Crippen LogP contribution >= 0.6 is 0 Å². The van der Waals surface area contributed by atoms with E-state index < -0.39 is 0 Å². The fraction of sp³-hybridized carbons (Fsp3) is 0.238. The number of aliphatic hydroxyl groups excluding tert-OH is 1. The van der Waals surface area contributed by atoms with Gasteiger partial charge in [-0.25, -0.2) is 0 Å². The van der Waals surface area contributed by atoms with Crippen LogP contribution in [0.1, 0.15) is 27.0 Å². The third-order valence-corrected chi connectivity index (χ3v) is 4.47. The molecule has 1 heterocycles. The lowest BCUT2D eigenvalue weighted by molar-refractivity contribution is 0.0706. The second-order valence-electron chi connectivity index (χ2n) is 6.48. The lowest BCUT2D eigenvalue weighted by Crippen LogP contribution is -2.35. The minimum absolute atomic E-state index is 0.146. The summed E-state index contributed by atoms with van der Waals surface area (Å²) in [5, 5.41) is 10.3. The Balaban J connectivity index is 1.96. The minimum Gasteiger partial charge on any atom is -0.395 e. The van der Waals surface area contributed by atoms with E-state index in [1.165, 1.54) is 4.90 Å². The van der Waals surface area contributed by atoms with Crippen LogP contribution in [0.15, 0.2) is 53.3 Å². The van der Waals surface area contributed by atoms with E-state index in [-0.39, 0.29) is 31.2 Å². The first-order chi connectivity index (χ1) is 12.5. The number of aromatic amines is 1. The molecule has 0 saturated carbocycles. The largest absolute Gasteiger partial charge is 0.395 e. The van der Waals surface area contributed by atoms with Crippen molar-refractivity contribution in [2.45, 2.75) is 20.4 Å². The zero-order valence-corrected chi connectivity index (χ0v) is 15.0. The van der Waals surface area contributed by atoms with Crippen molar-refractivity contribution >= 4 is 16.8 Å². The molecule has 0 saturated heterocycles. The number of amides is 1. The molecule has 1 amide bonds. The molecule has 0 aliphatic rings. The van der Waals surface area contributed by atoms with Gasteiger partial charge in [-0.15, -0.1) is 0 Å². The first kappa shape index (κ1) is 17.9. The number of hydrogen-bond donors (Lipinski definition) is 2. The molecule has 3 rings (SSSR count). The quantitative estimate of drug-likeness (QED) is 0.743. The maximum absolute atomic E-state index is 12.9. The molecule has 0 radical (unpaired) electrons. The monoisotopic (exact) mass is 350 g/mol. The van der Waals surface area contributed by atoms with E-state index in [0.29, 0.717) is 11.1 Å². The second-order valence-corrected chi connectivity index (χ2v) is 6.48. The zero-order valence-electron chi connectivity index (χ0n) is 15.0. The summed E-state index contributed by atoms with van der Waals surface area (Å²) in [6, 6.07) is 14.9. The molecule has 0 fully saturated rings. The molecule has 26 heavy (non-hydrogen) atoms. The van der Waals surface area contributed by atoms with Crippen LogP contribution in [0, 0.1) is 13.8 Å². The van der Waals surface area contributed by atoms with Gasteiger partial charge in [-0.3, -0.25) is 9.59 Å². The van der Waals surface area contributed by atoms with Gasteiger partial charge in [0.05, 0.1) is 13.2 Å². The zero-order chi connectivity index (χ0) is 18.7. The van der Waals surface area contributed by atoms with Gasteiger partial charge in [0.1, 0.15) is 0 Å². The number of nitrogens with zero attached hydrogens (tertiary/aromatic N) is 1. The van der Waals surface area contributed by atoms with Gasteiger partial charge in [-0.05, 0) is 49.1 Å². The van der Waals surface area contributed by atoms with Crippen molar-refractivity contribution in [2.75, 3.05) is 13.2 Å². The average molecular weight is 350 g/mol. The van der Waals surface area contributed by atoms with Gasteiger partial charge in [-0.2, -0.15) is 0 Å². The van der Waals surface area contributed by atoms with Crippen molar-refractivity contribution in [3.05, 3.63) is 81.1 Å². The number of benzene rings is 2. The lowest BCUT2D eigenvalue weighted by atomic mass is 10.1. The van der Waals surface area contributed by atoms with E-state index in [0.717, 1.165) is 22.0 Å². The van der Waals surface area contributed by atoms with Crippen LogP contribution in [0.3, 0.4) is 0 Å². The molecule has 0 spiro atoms. The van der Waals surface area contributed by atoms with Crippen LogP contribution < -0.4 is 5.56 Å². The van der Waals surface area contributed by atoms with Gasteiger partial charge in [0.2, 0.25) is 0 Å². The van der Waals surface area contributed by atoms with Crippen LogP contribution in [-0.4, -0.2) is 34.0 Å². The van der Waals surface area contributed by atoms with Gasteiger partial charge in [0.25, 0.3) is 11.5 Å². The van der Waals surface area contributed by atoms with Crippen molar-refractivity contribution in [1.82, 2.24) is 9.88 Å². The van der Waals surface area contributed by atoms with Crippen molar-refractivity contribution < 1.29 is 9.90 Å². The number of aliphatic hydroxyl groups is 1. The van der Waals surface area contributed by atoms with E-state index in [4.69, 9.17) is 0 Å². The maximum atomic E-state index is 12.9. The normalized spacial score (nSPS) is 10.9. The third-order valence-electron chi connectivity index (χ3n) is 4.47. The van der Waals surface area contributed by atoms with Crippen molar-refractivity contribution in [3.63, 3.8) is 0 Å². The molecule has 0 aliphatic heterocycles. The van der Waals surface area contributed by atoms with E-state index in [1.54, 1.807) is 6.07 Å². The van der Waals surface area contributed by atoms with Crippen LogP contribution in [0.5, 0.6) is 0 Å². The molecule has 2 aromatic carbocycles. The first-order valence-electron chi connectivity index (χ1n) is 8.58. The number of hydrogen-bond acceptors (Lipinski definition) is 3. The van der Waals surface area contributed by atoms with Gasteiger partial charge < -0.3 is 15.0 Å². The second kappa shape index (κ2) is 7.54. The van der Waals surface area contributed by atoms with Crippen molar-refractivity contribution in [1.29, 1.82) is 0 Å². The molecule has 3 aromatic rings. The number of aromatic nitrogens is 1. The number of carbonyl (C=O) groups is 1. The Hall–Kier alpha value is -2.92. The Morgan fingerprint density at radius 1 is 1.12 bits per heavy atom. The molecule has 0 atom stereocenters. The number of nitrogens with one attached hydrogen (secondary N) is 1. The highest BCUT2D eigenvalue weighted by Gasteiger charge is 2.18. The molecule has 0 bridgehead atoms. The number of aryl methyl sites for hydroxylation is 2. The maximum Gasteiger partial charge on any atom is 0.254 e. The molecule has 2 N–H and O–H groups in total. The smallest absolute Gasteiger partial charge is 0.254 e. The van der Waals surface area contributed by atoms with Crippen LogP contribution in [0.2, 0.25) is 0 Å². The molecule has 5 heteroatoms. The van der Waals surface area contributed by atoms with E-state index in [1.807, 2.05) is 56.3 Å². The average Bonchev–Trinajstić information content (AvgIpc) is 2.62. The van der Waals surface area contributed by atoms with E-state index in [9.17, 15) is 14.7 Å². The Bertz CT molecular complexity index is 1010. The molecule has 0 unspecified atom stereocenters. The number of fused-ring (bicyclic) bond motifs is 1. The molecule has 5 nitrogen and oxygen atoms in total. The van der Waals surface area contributed by atoms with Gasteiger partial charge in [0, 0.05) is 23.2 Å². The molecular formula is C21H22N2O3. The molecule has 134 valence electrons. The Morgan fingerprint density at radius 2 is 1.88 bits per heavy atom. The molecular weight excluding hydrogens is 328 g/mol. The van der Waals surface area contributed by atoms with E-state index in [2.05, 4.69) is 4.98 Å². The van der Waals surface area contributed by atoms with Crippen LogP contribution in [0.4, 0.5) is 0 Å². The van der Waals surface area contributed by atoms with Crippen molar-refractivity contribution in [3.8, 4) is 0 Å². The van der Waals surface area contributed by atoms with Gasteiger partial charge >= 0.3 is 0 Å². The Morgan fingerprint density at radius 3 is 2.62 bits per heavy atom. The summed E-state index contributed by atoms with van der Waals surface area (Å²) in [5.41, 5.74) is 3.58. The number of H-pyrrole nitrogens is 1. The Labute approximate surface area is 151 Å². The highest BCUT2D eigenvalue weighted by atomic mass is 16.3. The Kier molecular flexibility index (Phi) is 5.19. The minimum atomic E-state index is -0.220. The first-order valence-corrected chi connectivity index (χ1v) is 8.58. The fourth-order valence-electron chi connectivity index (χ4n) is 3.05.